The summed E-state index contributed by atoms with van der Waals surface area (Å²) in [4.78, 5) is 0. The van der Waals surface area contributed by atoms with Gasteiger partial charge >= 0.3 is 0 Å². The average molecular weight is 469 g/mol. The fourth-order valence-electron chi connectivity index (χ4n) is 4.00. The van der Waals surface area contributed by atoms with Crippen LogP contribution in [0.5, 0.6) is 5.75 Å². The van der Waals surface area contributed by atoms with Crippen LogP contribution in [0, 0.1) is 0 Å². The summed E-state index contributed by atoms with van der Waals surface area (Å²) in [6.07, 6.45) is 13.7. The lowest BCUT2D eigenvalue weighted by molar-refractivity contribution is 0.0566. The lowest BCUT2D eigenvalue weighted by Crippen LogP contribution is -2.08. The zero-order chi connectivity index (χ0) is 24.7. The van der Waals surface area contributed by atoms with Crippen LogP contribution in [-0.2, 0) is 4.74 Å². The third-order valence-electron chi connectivity index (χ3n) is 6.13. The Bertz CT molecular complexity index is 1010. The molecule has 0 bridgehead atoms. The maximum atomic E-state index is 5.88. The van der Waals surface area contributed by atoms with E-state index in [1.807, 2.05) is 12.1 Å². The van der Waals surface area contributed by atoms with Gasteiger partial charge < -0.3 is 9.47 Å². The Morgan fingerprint density at radius 1 is 0.771 bits per heavy atom. The summed E-state index contributed by atoms with van der Waals surface area (Å²) in [7, 11) is 0. The standard InChI is InChI=1S/C33H40O2/c1-4-6-10-26-34-27(3)11-8-7-9-12-28-13-15-29(16-14-28)30-17-19-31(20-18-30)32-21-23-33(24-22-32)35-25-5-2/h5,9,12-24,27H,2,4,6-8,10-11,25-26H2,1,3H3. The van der Waals surface area contributed by atoms with E-state index in [4.69, 9.17) is 9.47 Å². The van der Waals surface area contributed by atoms with Gasteiger partial charge in [-0.15, -0.1) is 0 Å². The molecule has 0 aromatic heterocycles. The largest absolute Gasteiger partial charge is 0.490 e. The van der Waals surface area contributed by atoms with E-state index in [0.717, 1.165) is 25.2 Å². The molecule has 0 heterocycles. The number of allylic oxidation sites excluding steroid dienone is 1. The Hall–Kier alpha value is -3.10. The van der Waals surface area contributed by atoms with Gasteiger partial charge in [0.2, 0.25) is 0 Å². The summed E-state index contributed by atoms with van der Waals surface area (Å²) in [6.45, 7) is 9.53. The molecular weight excluding hydrogens is 428 g/mol. The lowest BCUT2D eigenvalue weighted by Gasteiger charge is -2.12. The highest BCUT2D eigenvalue weighted by atomic mass is 16.5. The van der Waals surface area contributed by atoms with Gasteiger partial charge in [-0.25, -0.2) is 0 Å². The van der Waals surface area contributed by atoms with Crippen LogP contribution in [0.3, 0.4) is 0 Å². The van der Waals surface area contributed by atoms with Crippen molar-refractivity contribution < 1.29 is 9.47 Å². The molecule has 2 heteroatoms. The quantitative estimate of drug-likeness (QED) is 0.163. The molecule has 2 nitrogen and oxygen atoms in total. The second-order valence-electron chi connectivity index (χ2n) is 9.05. The first kappa shape index (κ1) is 26.5. The van der Waals surface area contributed by atoms with Crippen molar-refractivity contribution in [2.24, 2.45) is 0 Å². The molecule has 0 fully saturated rings. The van der Waals surface area contributed by atoms with E-state index in [9.17, 15) is 0 Å². The molecule has 0 saturated heterocycles. The monoisotopic (exact) mass is 468 g/mol. The molecule has 0 N–H and O–H groups in total. The molecule has 0 saturated carbocycles. The third-order valence-corrected chi connectivity index (χ3v) is 6.13. The molecule has 3 rings (SSSR count). The third kappa shape index (κ3) is 9.22. The van der Waals surface area contributed by atoms with Gasteiger partial charge in [-0.3, -0.25) is 0 Å². The molecule has 184 valence electrons. The van der Waals surface area contributed by atoms with Gasteiger partial charge in [0.1, 0.15) is 12.4 Å². The second-order valence-corrected chi connectivity index (χ2v) is 9.05. The van der Waals surface area contributed by atoms with E-state index in [1.165, 1.54) is 53.5 Å². The van der Waals surface area contributed by atoms with E-state index in [0.29, 0.717) is 12.7 Å². The van der Waals surface area contributed by atoms with Gasteiger partial charge in [-0.05, 0) is 72.6 Å². The van der Waals surface area contributed by atoms with Crippen LogP contribution in [0.25, 0.3) is 28.3 Å². The lowest BCUT2D eigenvalue weighted by atomic mass is 9.99. The summed E-state index contributed by atoms with van der Waals surface area (Å²) < 4.78 is 11.5. The minimum absolute atomic E-state index is 0.363. The maximum Gasteiger partial charge on any atom is 0.119 e. The fraction of sp³-hybridized carbons (Fsp3) is 0.333. The Labute approximate surface area is 212 Å². The smallest absolute Gasteiger partial charge is 0.119 e. The number of unbranched alkanes of at least 4 members (excludes halogenated alkanes) is 3. The second kappa shape index (κ2) is 15.0. The normalized spacial score (nSPS) is 12.1. The van der Waals surface area contributed by atoms with Crippen LogP contribution in [-0.4, -0.2) is 19.3 Å². The van der Waals surface area contributed by atoms with Gasteiger partial charge in [-0.2, -0.15) is 0 Å². The van der Waals surface area contributed by atoms with E-state index >= 15 is 0 Å². The molecule has 0 aliphatic heterocycles. The van der Waals surface area contributed by atoms with Crippen molar-refractivity contribution in [2.45, 2.75) is 58.5 Å². The van der Waals surface area contributed by atoms with Crippen LogP contribution >= 0.6 is 0 Å². The van der Waals surface area contributed by atoms with Crippen molar-refractivity contribution in [3.05, 3.63) is 97.1 Å². The highest BCUT2D eigenvalue weighted by molar-refractivity contribution is 5.71. The average Bonchev–Trinajstić information content (AvgIpc) is 2.90. The fourth-order valence-corrected chi connectivity index (χ4v) is 4.00. The van der Waals surface area contributed by atoms with Gasteiger partial charge in [0.25, 0.3) is 0 Å². The van der Waals surface area contributed by atoms with Gasteiger partial charge in [0.05, 0.1) is 6.10 Å². The van der Waals surface area contributed by atoms with Gasteiger partial charge in [-0.1, -0.05) is 105 Å². The first-order valence-electron chi connectivity index (χ1n) is 13.0. The van der Waals surface area contributed by atoms with Crippen molar-refractivity contribution in [2.75, 3.05) is 13.2 Å². The number of rotatable bonds is 15. The SMILES string of the molecule is C=CCOc1ccc(-c2ccc(-c3ccc(C=CCCCC(C)OCCCCC)cc3)cc2)cc1. The summed E-state index contributed by atoms with van der Waals surface area (Å²) in [6, 6.07) is 25.7. The Kier molecular flexibility index (Phi) is 11.4. The van der Waals surface area contributed by atoms with Crippen LogP contribution in [0.15, 0.2) is 91.5 Å². The van der Waals surface area contributed by atoms with Crippen LogP contribution in [0.4, 0.5) is 0 Å². The van der Waals surface area contributed by atoms with Gasteiger partial charge in [0.15, 0.2) is 0 Å². The van der Waals surface area contributed by atoms with E-state index < -0.39 is 0 Å². The Morgan fingerprint density at radius 3 is 1.91 bits per heavy atom. The first-order chi connectivity index (χ1) is 17.2. The highest BCUT2D eigenvalue weighted by Gasteiger charge is 2.03. The molecule has 3 aromatic carbocycles. The summed E-state index contributed by atoms with van der Waals surface area (Å²) in [5, 5.41) is 0. The summed E-state index contributed by atoms with van der Waals surface area (Å²) in [5.41, 5.74) is 6.08. The van der Waals surface area contributed by atoms with Crippen molar-refractivity contribution in [1.82, 2.24) is 0 Å². The van der Waals surface area contributed by atoms with Crippen molar-refractivity contribution in [1.29, 1.82) is 0 Å². The van der Waals surface area contributed by atoms with Crippen molar-refractivity contribution in [3.8, 4) is 28.0 Å². The Morgan fingerprint density at radius 2 is 1.34 bits per heavy atom. The molecule has 0 aliphatic carbocycles. The minimum atomic E-state index is 0.363. The molecule has 3 aromatic rings. The highest BCUT2D eigenvalue weighted by Crippen LogP contribution is 2.27. The van der Waals surface area contributed by atoms with E-state index in [2.05, 4.69) is 93.2 Å². The van der Waals surface area contributed by atoms with E-state index in [1.54, 1.807) is 6.08 Å². The van der Waals surface area contributed by atoms with Crippen LogP contribution in [0.2, 0.25) is 0 Å². The van der Waals surface area contributed by atoms with Crippen molar-refractivity contribution >= 4 is 6.08 Å². The summed E-state index contributed by atoms with van der Waals surface area (Å²) >= 11 is 0. The molecule has 0 radical (unpaired) electrons. The predicted octanol–water partition coefficient (Wildman–Crippen LogP) is 9.36. The molecule has 0 aliphatic rings. The van der Waals surface area contributed by atoms with E-state index in [-0.39, 0.29) is 0 Å². The number of hydrogen-bond donors (Lipinski definition) is 0. The predicted molar refractivity (Wildman–Crippen MR) is 151 cm³/mol. The molecule has 0 amide bonds. The first-order valence-corrected chi connectivity index (χ1v) is 13.0. The number of hydrogen-bond acceptors (Lipinski definition) is 2. The topological polar surface area (TPSA) is 18.5 Å². The molecule has 1 unspecified atom stereocenters. The number of ether oxygens (including phenoxy) is 2. The Balaban J connectivity index is 1.45. The maximum absolute atomic E-state index is 5.88. The molecule has 35 heavy (non-hydrogen) atoms. The van der Waals surface area contributed by atoms with Crippen molar-refractivity contribution in [3.63, 3.8) is 0 Å². The summed E-state index contributed by atoms with van der Waals surface area (Å²) in [5.74, 6) is 0.862. The molecule has 0 spiro atoms. The van der Waals surface area contributed by atoms with Crippen LogP contribution in [0.1, 0.15) is 57.9 Å². The zero-order valence-electron chi connectivity index (χ0n) is 21.4. The number of benzene rings is 3. The minimum Gasteiger partial charge on any atom is -0.490 e. The van der Waals surface area contributed by atoms with Crippen LogP contribution < -0.4 is 4.74 Å². The zero-order valence-corrected chi connectivity index (χ0v) is 21.4. The molecule has 1 atom stereocenters. The van der Waals surface area contributed by atoms with Gasteiger partial charge in [0, 0.05) is 6.61 Å². The molecular formula is C33H40O2.